The van der Waals surface area contributed by atoms with Crippen LogP contribution in [0.1, 0.15) is 41.6 Å². The van der Waals surface area contributed by atoms with E-state index in [-0.39, 0.29) is 23.7 Å². The molecule has 108 valence electrons. The molecule has 20 heavy (non-hydrogen) atoms. The van der Waals surface area contributed by atoms with E-state index in [1.165, 1.54) is 18.2 Å². The number of nitrogens with zero attached hydrogens (tertiary/aromatic N) is 1. The summed E-state index contributed by atoms with van der Waals surface area (Å²) >= 11 is 0. The van der Waals surface area contributed by atoms with Gasteiger partial charge in [0.05, 0.1) is 4.92 Å². The quantitative estimate of drug-likeness (QED) is 0.651. The molecule has 1 saturated carbocycles. The zero-order valence-electron chi connectivity index (χ0n) is 11.5. The predicted octanol–water partition coefficient (Wildman–Crippen LogP) is 1.90. The Bertz CT molecular complexity index is 530. The average Bonchev–Trinajstić information content (AvgIpc) is 2.41. The second-order valence-corrected chi connectivity index (χ2v) is 5.28. The third-order valence-electron chi connectivity index (χ3n) is 3.80. The van der Waals surface area contributed by atoms with Crippen molar-refractivity contribution in [3.8, 4) is 0 Å². The number of hydrogen-bond donors (Lipinski definition) is 2. The maximum atomic E-state index is 12.2. The van der Waals surface area contributed by atoms with Crippen LogP contribution in [0.25, 0.3) is 0 Å². The molecular formula is C14H19N3O3. The normalized spacial score (nSPS) is 22.3. The average molecular weight is 277 g/mol. The smallest absolute Gasteiger partial charge is 0.269 e. The van der Waals surface area contributed by atoms with Crippen LogP contribution in [0.15, 0.2) is 18.2 Å². The molecule has 0 aliphatic heterocycles. The van der Waals surface area contributed by atoms with Crippen molar-refractivity contribution in [2.45, 2.75) is 44.7 Å². The fourth-order valence-corrected chi connectivity index (χ4v) is 2.60. The zero-order valence-corrected chi connectivity index (χ0v) is 11.5. The summed E-state index contributed by atoms with van der Waals surface area (Å²) in [6.45, 7) is 1.70. The Morgan fingerprint density at radius 3 is 2.70 bits per heavy atom. The molecule has 0 radical (unpaired) electrons. The third-order valence-corrected chi connectivity index (χ3v) is 3.80. The second kappa shape index (κ2) is 6.00. The molecule has 1 aromatic carbocycles. The van der Waals surface area contributed by atoms with E-state index in [1.807, 2.05) is 0 Å². The Morgan fingerprint density at radius 2 is 2.10 bits per heavy atom. The Balaban J connectivity index is 2.11. The lowest BCUT2D eigenvalue weighted by Gasteiger charge is -2.29. The number of amides is 1. The number of non-ortho nitro benzene ring substituents is 1. The molecule has 0 bridgehead atoms. The van der Waals surface area contributed by atoms with Crippen LogP contribution in [0.3, 0.4) is 0 Å². The molecule has 6 nitrogen and oxygen atoms in total. The minimum absolute atomic E-state index is 0.00609. The van der Waals surface area contributed by atoms with E-state index in [0.29, 0.717) is 11.1 Å². The lowest BCUT2D eigenvalue weighted by atomic mass is 9.90. The van der Waals surface area contributed by atoms with Crippen molar-refractivity contribution in [2.75, 3.05) is 0 Å². The standard InChI is InChI=1S/C14H19N3O3/c1-9-8-10(17(19)20)6-7-11(9)14(18)16-13-5-3-2-4-12(13)15/h6-8,12-13H,2-5,15H2,1H3,(H,16,18)/t12-,13-/m1/s1. The summed E-state index contributed by atoms with van der Waals surface area (Å²) in [6.07, 6.45) is 3.98. The maximum absolute atomic E-state index is 12.2. The molecule has 0 spiro atoms. The first-order chi connectivity index (χ1) is 9.49. The van der Waals surface area contributed by atoms with Gasteiger partial charge in [-0.15, -0.1) is 0 Å². The highest BCUT2D eigenvalue weighted by Crippen LogP contribution is 2.20. The van der Waals surface area contributed by atoms with E-state index in [9.17, 15) is 14.9 Å². The van der Waals surface area contributed by atoms with E-state index >= 15 is 0 Å². The molecule has 0 heterocycles. The van der Waals surface area contributed by atoms with Crippen LogP contribution >= 0.6 is 0 Å². The van der Waals surface area contributed by atoms with Crippen LogP contribution in [0, 0.1) is 17.0 Å². The van der Waals surface area contributed by atoms with Crippen molar-refractivity contribution in [3.63, 3.8) is 0 Å². The number of nitrogens with one attached hydrogen (secondary N) is 1. The van der Waals surface area contributed by atoms with Gasteiger partial charge in [-0.25, -0.2) is 0 Å². The van der Waals surface area contributed by atoms with Crippen LogP contribution < -0.4 is 11.1 Å². The molecule has 2 atom stereocenters. The zero-order chi connectivity index (χ0) is 14.7. The molecule has 0 unspecified atom stereocenters. The van der Waals surface area contributed by atoms with Crippen molar-refractivity contribution < 1.29 is 9.72 Å². The summed E-state index contributed by atoms with van der Waals surface area (Å²) in [4.78, 5) is 22.4. The Hall–Kier alpha value is -1.95. The summed E-state index contributed by atoms with van der Waals surface area (Å²) in [5.74, 6) is -0.209. The lowest BCUT2D eigenvalue weighted by molar-refractivity contribution is -0.384. The Morgan fingerprint density at radius 1 is 1.40 bits per heavy atom. The van der Waals surface area contributed by atoms with Gasteiger partial charge in [0.2, 0.25) is 0 Å². The van der Waals surface area contributed by atoms with E-state index in [0.717, 1.165) is 25.7 Å². The molecule has 1 fully saturated rings. The summed E-state index contributed by atoms with van der Waals surface area (Å²) in [6, 6.07) is 4.24. The number of hydrogen-bond acceptors (Lipinski definition) is 4. The number of carbonyl (C=O) groups excluding carboxylic acids is 1. The molecule has 1 aliphatic rings. The lowest BCUT2D eigenvalue weighted by Crippen LogP contribution is -2.49. The van der Waals surface area contributed by atoms with Crippen LogP contribution in [-0.2, 0) is 0 Å². The van der Waals surface area contributed by atoms with Gasteiger partial charge in [-0.1, -0.05) is 12.8 Å². The Labute approximate surface area is 117 Å². The highest BCUT2D eigenvalue weighted by atomic mass is 16.6. The number of carbonyl (C=O) groups is 1. The molecular weight excluding hydrogens is 258 g/mol. The molecule has 0 aromatic heterocycles. The van der Waals surface area contributed by atoms with Crippen molar-refractivity contribution in [1.82, 2.24) is 5.32 Å². The van der Waals surface area contributed by atoms with Gasteiger partial charge in [-0.2, -0.15) is 0 Å². The van der Waals surface area contributed by atoms with Gasteiger partial charge in [0.15, 0.2) is 0 Å². The molecule has 6 heteroatoms. The van der Waals surface area contributed by atoms with E-state index in [2.05, 4.69) is 5.32 Å². The van der Waals surface area contributed by atoms with E-state index in [1.54, 1.807) is 6.92 Å². The fourth-order valence-electron chi connectivity index (χ4n) is 2.60. The number of rotatable bonds is 3. The highest BCUT2D eigenvalue weighted by molar-refractivity contribution is 5.96. The van der Waals surface area contributed by atoms with Gasteiger partial charge in [0, 0.05) is 29.8 Å². The molecule has 1 amide bonds. The fraction of sp³-hybridized carbons (Fsp3) is 0.500. The maximum Gasteiger partial charge on any atom is 0.269 e. The first-order valence-electron chi connectivity index (χ1n) is 6.80. The SMILES string of the molecule is Cc1cc([N+](=O)[O-])ccc1C(=O)N[C@@H]1CCCC[C@H]1N. The van der Waals surface area contributed by atoms with Gasteiger partial charge in [0.1, 0.15) is 0 Å². The molecule has 1 aromatic rings. The van der Waals surface area contributed by atoms with Gasteiger partial charge in [-0.3, -0.25) is 14.9 Å². The van der Waals surface area contributed by atoms with Gasteiger partial charge in [0.25, 0.3) is 11.6 Å². The van der Waals surface area contributed by atoms with E-state index < -0.39 is 4.92 Å². The highest BCUT2D eigenvalue weighted by Gasteiger charge is 2.24. The van der Waals surface area contributed by atoms with Crippen LogP contribution in [0.5, 0.6) is 0 Å². The van der Waals surface area contributed by atoms with Crippen molar-refractivity contribution in [2.24, 2.45) is 5.73 Å². The number of benzene rings is 1. The van der Waals surface area contributed by atoms with Gasteiger partial charge < -0.3 is 11.1 Å². The second-order valence-electron chi connectivity index (χ2n) is 5.28. The third kappa shape index (κ3) is 3.14. The summed E-state index contributed by atoms with van der Waals surface area (Å²) in [7, 11) is 0. The number of nitro benzene ring substituents is 1. The van der Waals surface area contributed by atoms with Crippen LogP contribution in [0.2, 0.25) is 0 Å². The predicted molar refractivity (Wildman–Crippen MR) is 75.5 cm³/mol. The van der Waals surface area contributed by atoms with Crippen molar-refractivity contribution >= 4 is 11.6 Å². The van der Waals surface area contributed by atoms with Crippen molar-refractivity contribution in [1.29, 1.82) is 0 Å². The van der Waals surface area contributed by atoms with Crippen LogP contribution in [-0.4, -0.2) is 22.9 Å². The van der Waals surface area contributed by atoms with Crippen LogP contribution in [0.4, 0.5) is 5.69 Å². The van der Waals surface area contributed by atoms with E-state index in [4.69, 9.17) is 5.73 Å². The molecule has 1 aliphatic carbocycles. The summed E-state index contributed by atoms with van der Waals surface area (Å²) in [5.41, 5.74) is 7.06. The van der Waals surface area contributed by atoms with Gasteiger partial charge >= 0.3 is 0 Å². The molecule has 3 N–H and O–H groups in total. The Kier molecular flexibility index (Phi) is 4.34. The minimum Gasteiger partial charge on any atom is -0.348 e. The number of aryl methyl sites for hydroxylation is 1. The summed E-state index contributed by atoms with van der Waals surface area (Å²) < 4.78 is 0. The van der Waals surface area contributed by atoms with Gasteiger partial charge in [-0.05, 0) is 31.4 Å². The topological polar surface area (TPSA) is 98.3 Å². The number of nitro groups is 1. The first-order valence-corrected chi connectivity index (χ1v) is 6.80. The first kappa shape index (κ1) is 14.5. The summed E-state index contributed by atoms with van der Waals surface area (Å²) in [5, 5.41) is 13.6. The van der Waals surface area contributed by atoms with Crippen molar-refractivity contribution in [3.05, 3.63) is 39.4 Å². The molecule has 0 saturated heterocycles. The monoisotopic (exact) mass is 277 g/mol. The largest absolute Gasteiger partial charge is 0.348 e. The molecule has 2 rings (SSSR count). The minimum atomic E-state index is -0.467. The number of nitrogens with two attached hydrogens (primary N) is 1.